The van der Waals surface area contributed by atoms with E-state index in [-0.39, 0.29) is 5.91 Å². The second kappa shape index (κ2) is 8.90. The van der Waals surface area contributed by atoms with E-state index in [2.05, 4.69) is 20.9 Å². The number of rotatable bonds is 4. The van der Waals surface area contributed by atoms with Crippen LogP contribution in [0, 0.1) is 6.92 Å². The summed E-state index contributed by atoms with van der Waals surface area (Å²) in [6.07, 6.45) is 3.77. The van der Waals surface area contributed by atoms with E-state index < -0.39 is 0 Å². The van der Waals surface area contributed by atoms with Crippen LogP contribution in [-0.4, -0.2) is 74.1 Å². The SMILES string of the molecule is Cc1cc(N2CCCCC2)nc(N2CCN(C(=O)c3ccc(N(C)C)cc3)CC2)n1. The second-order valence-electron chi connectivity index (χ2n) is 8.44. The molecule has 2 fully saturated rings. The summed E-state index contributed by atoms with van der Waals surface area (Å²) in [6.45, 7) is 7.06. The van der Waals surface area contributed by atoms with Crippen molar-refractivity contribution in [2.24, 2.45) is 0 Å². The number of hydrogen-bond acceptors (Lipinski definition) is 6. The Bertz CT molecular complexity index is 868. The molecule has 7 heteroatoms. The quantitative estimate of drug-likeness (QED) is 0.775. The lowest BCUT2D eigenvalue weighted by Crippen LogP contribution is -2.49. The zero-order valence-corrected chi connectivity index (χ0v) is 18.3. The summed E-state index contributed by atoms with van der Waals surface area (Å²) >= 11 is 0. The smallest absolute Gasteiger partial charge is 0.253 e. The molecule has 160 valence electrons. The fourth-order valence-corrected chi connectivity index (χ4v) is 4.16. The van der Waals surface area contributed by atoms with Crippen molar-refractivity contribution in [2.45, 2.75) is 26.2 Å². The van der Waals surface area contributed by atoms with Crippen molar-refractivity contribution in [3.63, 3.8) is 0 Å². The van der Waals surface area contributed by atoms with E-state index in [0.29, 0.717) is 13.1 Å². The number of aromatic nitrogens is 2. The molecule has 0 unspecified atom stereocenters. The van der Waals surface area contributed by atoms with E-state index >= 15 is 0 Å². The van der Waals surface area contributed by atoms with Gasteiger partial charge in [0.25, 0.3) is 5.91 Å². The van der Waals surface area contributed by atoms with Gasteiger partial charge in [-0.25, -0.2) is 4.98 Å². The van der Waals surface area contributed by atoms with Crippen molar-refractivity contribution in [2.75, 3.05) is 68.1 Å². The number of nitrogens with zero attached hydrogens (tertiary/aromatic N) is 6. The van der Waals surface area contributed by atoms with Gasteiger partial charge in [0.2, 0.25) is 5.95 Å². The first-order valence-corrected chi connectivity index (χ1v) is 10.9. The first-order valence-electron chi connectivity index (χ1n) is 10.9. The van der Waals surface area contributed by atoms with E-state index in [4.69, 9.17) is 4.98 Å². The van der Waals surface area contributed by atoms with Gasteiger partial charge < -0.3 is 19.6 Å². The Morgan fingerprint density at radius 1 is 0.867 bits per heavy atom. The van der Waals surface area contributed by atoms with E-state index in [0.717, 1.165) is 54.9 Å². The molecule has 2 saturated heterocycles. The molecule has 1 amide bonds. The van der Waals surface area contributed by atoms with Crippen LogP contribution in [-0.2, 0) is 0 Å². The van der Waals surface area contributed by atoms with Crippen molar-refractivity contribution in [1.82, 2.24) is 14.9 Å². The molecule has 0 aliphatic carbocycles. The summed E-state index contributed by atoms with van der Waals surface area (Å²) in [4.78, 5) is 31.0. The van der Waals surface area contributed by atoms with Crippen LogP contribution in [0.1, 0.15) is 35.3 Å². The second-order valence-corrected chi connectivity index (χ2v) is 8.44. The van der Waals surface area contributed by atoms with E-state index in [1.165, 1.54) is 19.3 Å². The average molecular weight is 409 g/mol. The number of carbonyl (C=O) groups is 1. The minimum atomic E-state index is 0.0964. The number of benzene rings is 1. The summed E-state index contributed by atoms with van der Waals surface area (Å²) in [7, 11) is 4.00. The molecule has 2 aromatic rings. The number of piperidine rings is 1. The Hall–Kier alpha value is -2.83. The minimum absolute atomic E-state index is 0.0964. The largest absolute Gasteiger partial charge is 0.378 e. The maximum absolute atomic E-state index is 12.9. The molecular weight excluding hydrogens is 376 g/mol. The van der Waals surface area contributed by atoms with Crippen LogP contribution in [0.4, 0.5) is 17.5 Å². The van der Waals surface area contributed by atoms with Crippen molar-refractivity contribution in [3.8, 4) is 0 Å². The molecule has 1 aromatic carbocycles. The maximum Gasteiger partial charge on any atom is 0.253 e. The van der Waals surface area contributed by atoms with Crippen LogP contribution in [0.2, 0.25) is 0 Å². The molecule has 2 aliphatic rings. The molecule has 2 aliphatic heterocycles. The normalized spacial score (nSPS) is 17.2. The predicted octanol–water partition coefficient (Wildman–Crippen LogP) is 2.80. The Kier molecular flexibility index (Phi) is 6.06. The lowest BCUT2D eigenvalue weighted by molar-refractivity contribution is 0.0746. The molecule has 0 atom stereocenters. The molecule has 3 heterocycles. The number of amides is 1. The fraction of sp³-hybridized carbons (Fsp3) is 0.522. The Balaban J connectivity index is 1.40. The van der Waals surface area contributed by atoms with E-state index in [1.807, 2.05) is 55.1 Å². The molecule has 30 heavy (non-hydrogen) atoms. The molecule has 0 saturated carbocycles. The third-order valence-electron chi connectivity index (χ3n) is 5.99. The van der Waals surface area contributed by atoms with Crippen LogP contribution >= 0.6 is 0 Å². The topological polar surface area (TPSA) is 55.8 Å². The fourth-order valence-electron chi connectivity index (χ4n) is 4.16. The van der Waals surface area contributed by atoms with Gasteiger partial charge >= 0.3 is 0 Å². The number of aryl methyl sites for hydroxylation is 1. The van der Waals surface area contributed by atoms with Gasteiger partial charge in [-0.1, -0.05) is 0 Å². The first kappa shape index (κ1) is 20.4. The van der Waals surface area contributed by atoms with Crippen LogP contribution in [0.25, 0.3) is 0 Å². The van der Waals surface area contributed by atoms with Crippen molar-refractivity contribution in [3.05, 3.63) is 41.6 Å². The monoisotopic (exact) mass is 408 g/mol. The maximum atomic E-state index is 12.9. The van der Waals surface area contributed by atoms with Crippen LogP contribution in [0.5, 0.6) is 0 Å². The average Bonchev–Trinajstić information content (AvgIpc) is 2.79. The Morgan fingerprint density at radius 3 is 2.17 bits per heavy atom. The highest BCUT2D eigenvalue weighted by Gasteiger charge is 2.24. The molecule has 0 spiro atoms. The molecule has 0 radical (unpaired) electrons. The van der Waals surface area contributed by atoms with Crippen LogP contribution in [0.15, 0.2) is 30.3 Å². The molecule has 7 nitrogen and oxygen atoms in total. The van der Waals surface area contributed by atoms with Crippen molar-refractivity contribution >= 4 is 23.4 Å². The first-order chi connectivity index (χ1) is 14.5. The van der Waals surface area contributed by atoms with Gasteiger partial charge in [0.1, 0.15) is 5.82 Å². The van der Waals surface area contributed by atoms with E-state index in [9.17, 15) is 4.79 Å². The molecule has 0 bridgehead atoms. The molecule has 0 N–H and O–H groups in total. The number of carbonyl (C=O) groups excluding carboxylic acids is 1. The third-order valence-corrected chi connectivity index (χ3v) is 5.99. The van der Waals surface area contributed by atoms with Crippen molar-refractivity contribution in [1.29, 1.82) is 0 Å². The van der Waals surface area contributed by atoms with Crippen LogP contribution < -0.4 is 14.7 Å². The van der Waals surface area contributed by atoms with Gasteiger partial charge in [-0.3, -0.25) is 4.79 Å². The van der Waals surface area contributed by atoms with Gasteiger partial charge in [0.15, 0.2) is 0 Å². The highest BCUT2D eigenvalue weighted by Crippen LogP contribution is 2.22. The predicted molar refractivity (Wildman–Crippen MR) is 122 cm³/mol. The highest BCUT2D eigenvalue weighted by atomic mass is 16.2. The highest BCUT2D eigenvalue weighted by molar-refractivity contribution is 5.94. The molecular formula is C23H32N6O. The number of piperazine rings is 1. The van der Waals surface area contributed by atoms with Gasteiger partial charge in [0.05, 0.1) is 0 Å². The summed E-state index contributed by atoms with van der Waals surface area (Å²) in [5.74, 6) is 1.92. The Labute approximate surface area is 179 Å². The summed E-state index contributed by atoms with van der Waals surface area (Å²) < 4.78 is 0. The summed E-state index contributed by atoms with van der Waals surface area (Å²) in [5.41, 5.74) is 2.84. The molecule has 1 aromatic heterocycles. The van der Waals surface area contributed by atoms with Gasteiger partial charge in [-0.2, -0.15) is 4.98 Å². The number of hydrogen-bond donors (Lipinski definition) is 0. The van der Waals surface area contributed by atoms with Gasteiger partial charge in [-0.05, 0) is 50.5 Å². The van der Waals surface area contributed by atoms with Gasteiger partial charge in [0, 0.05) is 76.4 Å². The van der Waals surface area contributed by atoms with Crippen LogP contribution in [0.3, 0.4) is 0 Å². The van der Waals surface area contributed by atoms with Gasteiger partial charge in [-0.15, -0.1) is 0 Å². The summed E-state index contributed by atoms with van der Waals surface area (Å²) in [5, 5.41) is 0. The lowest BCUT2D eigenvalue weighted by atomic mass is 10.1. The lowest BCUT2D eigenvalue weighted by Gasteiger charge is -2.35. The van der Waals surface area contributed by atoms with Crippen molar-refractivity contribution < 1.29 is 4.79 Å². The minimum Gasteiger partial charge on any atom is -0.378 e. The molecule has 4 rings (SSSR count). The summed E-state index contributed by atoms with van der Waals surface area (Å²) in [6, 6.07) is 9.90. The van der Waals surface area contributed by atoms with E-state index in [1.54, 1.807) is 0 Å². The third kappa shape index (κ3) is 4.50. The standard InChI is InChI=1S/C23H32N6O/c1-18-17-21(27-11-5-4-6-12-27)25-23(24-18)29-15-13-28(14-16-29)22(30)19-7-9-20(10-8-19)26(2)3/h7-10,17H,4-6,11-16H2,1-3H3. The zero-order chi connectivity index (χ0) is 21.1. The Morgan fingerprint density at radius 2 is 1.53 bits per heavy atom. The number of anilines is 3. The zero-order valence-electron chi connectivity index (χ0n) is 18.3.